The van der Waals surface area contributed by atoms with Crippen molar-refractivity contribution in [2.75, 3.05) is 0 Å². The molecule has 0 aromatic carbocycles. The van der Waals surface area contributed by atoms with E-state index in [4.69, 9.17) is 10.5 Å². The molecule has 2 unspecified atom stereocenters. The topological polar surface area (TPSA) is 64.3 Å². The smallest absolute Gasteiger partial charge is 0.408 e. The quantitative estimate of drug-likeness (QED) is 0.794. The lowest BCUT2D eigenvalue weighted by molar-refractivity contribution is 0.0485. The van der Waals surface area contributed by atoms with E-state index in [0.717, 1.165) is 25.7 Å². The van der Waals surface area contributed by atoms with Crippen molar-refractivity contribution < 1.29 is 9.53 Å². The Morgan fingerprint density at radius 2 is 2.00 bits per heavy atom. The first-order valence-corrected chi connectivity index (χ1v) is 6.44. The second kappa shape index (κ2) is 3.61. The SMILES string of the molecule is CC1CC1(CC1(N)CC1)NC(=O)OC(C)(C)C. The molecule has 0 aromatic heterocycles. The predicted octanol–water partition coefficient (Wildman–Crippen LogP) is 2.17. The number of alkyl carbamates (subject to hydrolysis) is 1. The summed E-state index contributed by atoms with van der Waals surface area (Å²) in [5.41, 5.74) is 5.57. The Morgan fingerprint density at radius 1 is 1.47 bits per heavy atom. The third-order valence-electron chi connectivity index (χ3n) is 3.76. The van der Waals surface area contributed by atoms with Gasteiger partial charge in [0, 0.05) is 11.1 Å². The van der Waals surface area contributed by atoms with E-state index < -0.39 is 5.60 Å². The molecule has 2 fully saturated rings. The lowest BCUT2D eigenvalue weighted by Gasteiger charge is -2.25. The van der Waals surface area contributed by atoms with Crippen LogP contribution in [-0.2, 0) is 4.74 Å². The first-order valence-electron chi connectivity index (χ1n) is 6.44. The molecule has 2 aliphatic rings. The molecule has 1 amide bonds. The molecule has 0 radical (unpaired) electrons. The highest BCUT2D eigenvalue weighted by Crippen LogP contribution is 2.53. The summed E-state index contributed by atoms with van der Waals surface area (Å²) in [6, 6.07) is 0. The van der Waals surface area contributed by atoms with Crippen molar-refractivity contribution in [3.63, 3.8) is 0 Å². The van der Waals surface area contributed by atoms with Crippen molar-refractivity contribution in [2.24, 2.45) is 11.7 Å². The van der Waals surface area contributed by atoms with Crippen LogP contribution in [0.4, 0.5) is 4.79 Å². The van der Waals surface area contributed by atoms with Crippen LogP contribution in [0.5, 0.6) is 0 Å². The van der Waals surface area contributed by atoms with Gasteiger partial charge in [0.05, 0.1) is 0 Å². The van der Waals surface area contributed by atoms with Crippen LogP contribution in [-0.4, -0.2) is 22.8 Å². The summed E-state index contributed by atoms with van der Waals surface area (Å²) >= 11 is 0. The second-order valence-corrected chi connectivity index (χ2v) is 6.93. The number of rotatable bonds is 3. The molecule has 3 N–H and O–H groups in total. The van der Waals surface area contributed by atoms with E-state index in [2.05, 4.69) is 12.2 Å². The normalized spacial score (nSPS) is 34.1. The van der Waals surface area contributed by atoms with Crippen molar-refractivity contribution in [2.45, 2.75) is 70.1 Å². The van der Waals surface area contributed by atoms with Gasteiger partial charge in [-0.3, -0.25) is 0 Å². The van der Waals surface area contributed by atoms with E-state index in [1.807, 2.05) is 20.8 Å². The highest BCUT2D eigenvalue weighted by Gasteiger charge is 2.58. The van der Waals surface area contributed by atoms with E-state index in [1.54, 1.807) is 0 Å². The van der Waals surface area contributed by atoms with Gasteiger partial charge in [-0.1, -0.05) is 6.92 Å². The van der Waals surface area contributed by atoms with Crippen LogP contribution in [0.15, 0.2) is 0 Å². The largest absolute Gasteiger partial charge is 0.444 e. The van der Waals surface area contributed by atoms with E-state index >= 15 is 0 Å². The molecule has 98 valence electrons. The molecule has 2 atom stereocenters. The van der Waals surface area contributed by atoms with Crippen molar-refractivity contribution in [1.29, 1.82) is 0 Å². The van der Waals surface area contributed by atoms with Crippen molar-refractivity contribution in [3.8, 4) is 0 Å². The van der Waals surface area contributed by atoms with Gasteiger partial charge in [0.15, 0.2) is 0 Å². The summed E-state index contributed by atoms with van der Waals surface area (Å²) in [6.07, 6.45) is 3.76. The van der Waals surface area contributed by atoms with Gasteiger partial charge in [-0.2, -0.15) is 0 Å². The second-order valence-electron chi connectivity index (χ2n) is 6.93. The first kappa shape index (κ1) is 12.7. The fourth-order valence-corrected chi connectivity index (χ4v) is 2.42. The van der Waals surface area contributed by atoms with Gasteiger partial charge in [-0.15, -0.1) is 0 Å². The average molecular weight is 240 g/mol. The number of amides is 1. The predicted molar refractivity (Wildman–Crippen MR) is 66.7 cm³/mol. The molecule has 2 saturated carbocycles. The van der Waals surface area contributed by atoms with Crippen LogP contribution < -0.4 is 11.1 Å². The zero-order valence-electron chi connectivity index (χ0n) is 11.3. The number of carbonyl (C=O) groups excluding carboxylic acids is 1. The zero-order valence-corrected chi connectivity index (χ0v) is 11.3. The Morgan fingerprint density at radius 3 is 2.35 bits per heavy atom. The molecule has 0 aromatic rings. The van der Waals surface area contributed by atoms with Crippen molar-refractivity contribution >= 4 is 6.09 Å². The standard InChI is InChI=1S/C13H24N2O2/c1-9-7-13(9,8-12(14)5-6-12)15-10(16)17-11(2,3)4/h9H,5-8,14H2,1-4H3,(H,15,16). The number of nitrogens with one attached hydrogen (secondary N) is 1. The maximum atomic E-state index is 11.8. The van der Waals surface area contributed by atoms with Crippen LogP contribution >= 0.6 is 0 Å². The number of hydrogen-bond donors (Lipinski definition) is 2. The van der Waals surface area contributed by atoms with Crippen molar-refractivity contribution in [3.05, 3.63) is 0 Å². The van der Waals surface area contributed by atoms with Crippen LogP contribution in [0.25, 0.3) is 0 Å². The summed E-state index contributed by atoms with van der Waals surface area (Å²) < 4.78 is 5.31. The van der Waals surface area contributed by atoms with Gasteiger partial charge in [0.1, 0.15) is 5.60 Å². The fraction of sp³-hybridized carbons (Fsp3) is 0.923. The number of nitrogens with two attached hydrogens (primary N) is 1. The van der Waals surface area contributed by atoms with Gasteiger partial charge in [-0.25, -0.2) is 4.79 Å². The summed E-state index contributed by atoms with van der Waals surface area (Å²) in [7, 11) is 0. The van der Waals surface area contributed by atoms with Gasteiger partial charge in [-0.05, 0) is 52.4 Å². The molecular weight excluding hydrogens is 216 g/mol. The first-order chi connectivity index (χ1) is 7.64. The van der Waals surface area contributed by atoms with Gasteiger partial charge in [0.25, 0.3) is 0 Å². The lowest BCUT2D eigenvalue weighted by atomic mass is 10.0. The lowest BCUT2D eigenvalue weighted by Crippen LogP contribution is -2.45. The summed E-state index contributed by atoms with van der Waals surface area (Å²) in [5, 5.41) is 3.03. The molecule has 0 aliphatic heterocycles. The Balaban J connectivity index is 1.90. The number of carbonyl (C=O) groups is 1. The molecule has 4 nitrogen and oxygen atoms in total. The maximum absolute atomic E-state index is 11.8. The molecule has 0 bridgehead atoms. The van der Waals surface area contributed by atoms with E-state index in [9.17, 15) is 4.79 Å². The molecule has 2 rings (SSSR count). The molecule has 0 saturated heterocycles. The van der Waals surface area contributed by atoms with Gasteiger partial charge in [0.2, 0.25) is 0 Å². The van der Waals surface area contributed by atoms with E-state index in [0.29, 0.717) is 5.92 Å². The summed E-state index contributed by atoms with van der Waals surface area (Å²) in [5.74, 6) is 0.510. The van der Waals surface area contributed by atoms with Crippen molar-refractivity contribution in [1.82, 2.24) is 5.32 Å². The molecule has 4 heteroatoms. The minimum atomic E-state index is -0.441. The Hall–Kier alpha value is -0.770. The molecule has 0 heterocycles. The van der Waals surface area contributed by atoms with Gasteiger partial charge < -0.3 is 15.8 Å². The number of hydrogen-bond acceptors (Lipinski definition) is 3. The van der Waals surface area contributed by atoms with Crippen LogP contribution in [0.3, 0.4) is 0 Å². The zero-order chi connectivity index (χ0) is 12.9. The summed E-state index contributed by atoms with van der Waals surface area (Å²) in [4.78, 5) is 11.8. The van der Waals surface area contributed by atoms with Gasteiger partial charge >= 0.3 is 6.09 Å². The minimum Gasteiger partial charge on any atom is -0.444 e. The van der Waals surface area contributed by atoms with E-state index in [1.165, 1.54) is 0 Å². The molecule has 17 heavy (non-hydrogen) atoms. The number of ether oxygens (including phenoxy) is 1. The van der Waals surface area contributed by atoms with Crippen LogP contribution in [0.2, 0.25) is 0 Å². The molecule has 2 aliphatic carbocycles. The molecule has 0 spiro atoms. The fourth-order valence-electron chi connectivity index (χ4n) is 2.42. The average Bonchev–Trinajstić information content (AvgIpc) is 2.91. The summed E-state index contributed by atoms with van der Waals surface area (Å²) in [6.45, 7) is 7.78. The highest BCUT2D eigenvalue weighted by atomic mass is 16.6. The third kappa shape index (κ3) is 3.12. The third-order valence-corrected chi connectivity index (χ3v) is 3.76. The van der Waals surface area contributed by atoms with Crippen LogP contribution in [0.1, 0.15) is 53.4 Å². The minimum absolute atomic E-state index is 0.0280. The Labute approximate surface area is 103 Å². The highest BCUT2D eigenvalue weighted by molar-refractivity contribution is 5.69. The van der Waals surface area contributed by atoms with E-state index in [-0.39, 0.29) is 17.2 Å². The van der Waals surface area contributed by atoms with Crippen LogP contribution in [0, 0.1) is 5.92 Å². The Bertz CT molecular complexity index is 331. The Kier molecular flexibility index (Phi) is 2.69. The monoisotopic (exact) mass is 240 g/mol. The molecular formula is C13H24N2O2. The maximum Gasteiger partial charge on any atom is 0.408 e.